The van der Waals surface area contributed by atoms with Crippen LogP contribution in [0.2, 0.25) is 0 Å². The second-order valence-electron chi connectivity index (χ2n) is 9.78. The summed E-state index contributed by atoms with van der Waals surface area (Å²) in [7, 11) is 0. The molecule has 0 aliphatic heterocycles. The Labute approximate surface area is 314 Å². The summed E-state index contributed by atoms with van der Waals surface area (Å²) in [5, 5.41) is 7.53. The van der Waals surface area contributed by atoms with Crippen LogP contribution in [0.3, 0.4) is 0 Å². The van der Waals surface area contributed by atoms with E-state index in [0.717, 1.165) is 23.0 Å². The van der Waals surface area contributed by atoms with Crippen molar-refractivity contribution in [3.63, 3.8) is 0 Å². The molecule has 4 aromatic carbocycles. The largest absolute Gasteiger partial charge is 2.00 e. The van der Waals surface area contributed by atoms with Crippen LogP contribution in [0.25, 0.3) is 32.3 Å². The number of rotatable bonds is 0. The molecule has 4 aromatic rings. The van der Waals surface area contributed by atoms with Crippen LogP contribution < -0.4 is 0 Å². The summed E-state index contributed by atoms with van der Waals surface area (Å²) in [4.78, 5) is 0. The van der Waals surface area contributed by atoms with Crippen molar-refractivity contribution in [3.05, 3.63) is 182 Å². The van der Waals surface area contributed by atoms with E-state index in [0.29, 0.717) is 0 Å². The van der Waals surface area contributed by atoms with Gasteiger partial charge >= 0.3 is 34.1 Å². The summed E-state index contributed by atoms with van der Waals surface area (Å²) in [6.07, 6.45) is 32.6. The van der Waals surface area contributed by atoms with Crippen LogP contribution in [0.5, 0.6) is 0 Å². The number of halogens is 2. The van der Waals surface area contributed by atoms with E-state index in [4.69, 9.17) is 0 Å². The van der Waals surface area contributed by atoms with Crippen molar-refractivity contribution < 1.29 is 34.1 Å². The van der Waals surface area contributed by atoms with Gasteiger partial charge in [-0.05, 0) is 159 Å². The van der Waals surface area contributed by atoms with Crippen molar-refractivity contribution in [3.8, 4) is 23.7 Å². The fourth-order valence-electron chi connectivity index (χ4n) is 4.89. The van der Waals surface area contributed by atoms with E-state index in [1.54, 1.807) is 0 Å². The first kappa shape index (κ1) is 36.4. The predicted octanol–water partition coefficient (Wildman–Crippen LogP) is 9.66. The van der Waals surface area contributed by atoms with Gasteiger partial charge in [0, 0.05) is 19.0 Å². The van der Waals surface area contributed by atoms with Crippen LogP contribution >= 0.6 is 45.2 Å². The van der Waals surface area contributed by atoms with Crippen LogP contribution in [0.15, 0.2) is 48.5 Å². The van der Waals surface area contributed by atoms with Crippen molar-refractivity contribution in [1.82, 2.24) is 0 Å². The Bertz CT molecular complexity index is 1410. The SMILES string of the molecule is C(#Cc1cc2ccc3cc(C#C[C]4[CH][CH][CH][CH]4)cc4ccc(c1)c2c34)[C]1[CH][CH][CH][CH]1.I[C]1[CH][CH][CH][CH]1.I[C]1[CH][CH][CH][CH]1.[Fe+2].[Fe+2]. The molecule has 0 aromatic heterocycles. The van der Waals surface area contributed by atoms with Crippen LogP contribution in [0.1, 0.15) is 11.1 Å². The second-order valence-corrected chi connectivity index (χ2v) is 12.3. The Hall–Kier alpha value is -0.461. The van der Waals surface area contributed by atoms with E-state index in [-0.39, 0.29) is 34.1 Å². The predicted molar refractivity (Wildman–Crippen MR) is 194 cm³/mol. The van der Waals surface area contributed by atoms with Crippen LogP contribution in [0, 0.1) is 146 Å². The Balaban J connectivity index is 0.000000265. The van der Waals surface area contributed by atoms with Gasteiger partial charge in [0.1, 0.15) is 0 Å². The van der Waals surface area contributed by atoms with E-state index in [2.05, 4.69) is 143 Å². The Kier molecular flexibility index (Phi) is 15.0. The molecule has 0 unspecified atom stereocenters. The van der Waals surface area contributed by atoms with Gasteiger partial charge in [-0.2, -0.15) is 0 Å². The molecule has 4 aliphatic carbocycles. The van der Waals surface area contributed by atoms with Crippen molar-refractivity contribution in [2.24, 2.45) is 0 Å². The molecule has 20 radical (unpaired) electrons. The van der Waals surface area contributed by atoms with Gasteiger partial charge in [0.25, 0.3) is 0 Å². The molecule has 0 N–H and O–H groups in total. The molecule has 0 nitrogen and oxygen atoms in total. The van der Waals surface area contributed by atoms with E-state index < -0.39 is 0 Å². The maximum Gasteiger partial charge on any atom is 2.00 e. The molecular weight excluding hydrogens is 846 g/mol. The van der Waals surface area contributed by atoms with E-state index in [1.165, 1.54) is 40.2 Å². The maximum atomic E-state index is 3.32. The number of hydrogen-bond acceptors (Lipinski definition) is 0. The third-order valence-corrected chi connectivity index (χ3v) is 8.24. The minimum atomic E-state index is 0. The maximum absolute atomic E-state index is 3.32. The van der Waals surface area contributed by atoms with Crippen LogP contribution in [-0.4, -0.2) is 0 Å². The molecule has 4 heteroatoms. The number of benzene rings is 4. The van der Waals surface area contributed by atoms with Crippen molar-refractivity contribution in [1.29, 1.82) is 0 Å². The minimum Gasteiger partial charge on any atom is -0.0888 e. The van der Waals surface area contributed by atoms with Gasteiger partial charge in [-0.3, -0.25) is 0 Å². The quantitative estimate of drug-likeness (QED) is 0.0716. The van der Waals surface area contributed by atoms with E-state index >= 15 is 0 Å². The average Bonchev–Trinajstić information content (AvgIpc) is 3.84. The molecule has 0 saturated heterocycles. The van der Waals surface area contributed by atoms with Gasteiger partial charge in [0.15, 0.2) is 0 Å². The Morgan fingerprint density at radius 2 is 0.636 bits per heavy atom. The molecule has 0 heterocycles. The Morgan fingerprint density at radius 1 is 0.364 bits per heavy atom. The van der Waals surface area contributed by atoms with E-state index in [9.17, 15) is 0 Å². The molecule has 0 bridgehead atoms. The monoisotopic (exact) mass is 870 g/mol. The zero-order valence-corrected chi connectivity index (χ0v) is 29.8. The van der Waals surface area contributed by atoms with Crippen LogP contribution in [-0.2, 0) is 34.1 Å². The second kappa shape index (κ2) is 18.2. The molecular formula is C40H24Fe2I2+4. The van der Waals surface area contributed by atoms with Gasteiger partial charge in [0.05, 0.1) is 11.8 Å². The summed E-state index contributed by atoms with van der Waals surface area (Å²) in [5.41, 5.74) is 2.09. The first-order valence-corrected chi connectivity index (χ1v) is 15.7. The number of hydrogen-bond donors (Lipinski definition) is 0. The van der Waals surface area contributed by atoms with Gasteiger partial charge in [-0.25, -0.2) is 0 Å². The van der Waals surface area contributed by atoms with Crippen molar-refractivity contribution >= 4 is 77.5 Å². The summed E-state index contributed by atoms with van der Waals surface area (Å²) >= 11 is 4.55. The summed E-state index contributed by atoms with van der Waals surface area (Å²) in [5.74, 6) is 15.2. The average molecular weight is 870 g/mol. The Morgan fingerprint density at radius 3 is 0.886 bits per heavy atom. The summed E-state index contributed by atoms with van der Waals surface area (Å²) in [6.45, 7) is 0. The minimum absolute atomic E-state index is 0. The normalized spacial score (nSPS) is 18.9. The third-order valence-electron chi connectivity index (χ3n) is 6.81. The first-order chi connectivity index (χ1) is 20.6. The molecule has 0 atom stereocenters. The molecule has 0 spiro atoms. The fourth-order valence-corrected chi connectivity index (χ4v) is 5.72. The molecule has 0 amide bonds. The topological polar surface area (TPSA) is 0 Å². The zero-order valence-electron chi connectivity index (χ0n) is 23.3. The first-order valence-electron chi connectivity index (χ1n) is 13.6. The fraction of sp³-hybridized carbons (Fsp3) is 0. The van der Waals surface area contributed by atoms with Gasteiger partial charge in [-0.15, -0.1) is 0 Å². The van der Waals surface area contributed by atoms with E-state index in [1.807, 2.05) is 77.0 Å². The van der Waals surface area contributed by atoms with Gasteiger partial charge < -0.3 is 0 Å². The molecule has 4 saturated carbocycles. The molecule has 44 heavy (non-hydrogen) atoms. The summed E-state index contributed by atoms with van der Waals surface area (Å²) < 4.78 is 2.63. The van der Waals surface area contributed by atoms with Crippen LogP contribution in [0.4, 0.5) is 0 Å². The van der Waals surface area contributed by atoms with Crippen molar-refractivity contribution in [2.45, 2.75) is 0 Å². The standard InChI is InChI=1S/C30H16.2C5H4I.2Fe/c1-2-6-21(5-1)9-11-23-17-25-13-15-27-19-24(12-10-22-7-3-4-8-22)20-28-16-14-26(18-23)29(25)30(27)28;2*6-5-3-1-2-4-5;;/h1-8,13-20H;2*1-4H;;/q;;;2*+2. The van der Waals surface area contributed by atoms with Gasteiger partial charge in [0.2, 0.25) is 0 Å². The van der Waals surface area contributed by atoms with Gasteiger partial charge in [-0.1, -0.05) is 93.1 Å². The molecule has 4 aliphatic rings. The van der Waals surface area contributed by atoms with Crippen molar-refractivity contribution in [2.75, 3.05) is 0 Å². The smallest absolute Gasteiger partial charge is 0.0888 e. The molecule has 4 fully saturated rings. The molecule has 8 rings (SSSR count). The zero-order chi connectivity index (χ0) is 28.7. The summed E-state index contributed by atoms with van der Waals surface area (Å²) in [6, 6.07) is 17.6. The molecule has 210 valence electrons. The third kappa shape index (κ3) is 9.78.